The van der Waals surface area contributed by atoms with E-state index in [4.69, 9.17) is 22.1 Å². The lowest BCUT2D eigenvalue weighted by atomic mass is 10.2. The molecule has 5 heteroatoms. The van der Waals surface area contributed by atoms with Crippen LogP contribution in [-0.4, -0.2) is 9.78 Å². The molecular formula is C12H12ClN3O. The highest BCUT2D eigenvalue weighted by Gasteiger charge is 2.22. The van der Waals surface area contributed by atoms with Gasteiger partial charge in [-0.2, -0.15) is 5.10 Å². The molecule has 0 saturated carbocycles. The SMILES string of the molecule is NCc1c2c(nn1-c1ccc(Cl)cc1)COC2. The van der Waals surface area contributed by atoms with Crippen molar-refractivity contribution in [3.05, 3.63) is 46.2 Å². The van der Waals surface area contributed by atoms with E-state index in [2.05, 4.69) is 5.10 Å². The number of hydrogen-bond acceptors (Lipinski definition) is 3. The van der Waals surface area contributed by atoms with E-state index >= 15 is 0 Å². The Balaban J connectivity index is 2.11. The van der Waals surface area contributed by atoms with Gasteiger partial charge in [0.15, 0.2) is 0 Å². The third-order valence-corrected chi connectivity index (χ3v) is 3.17. The Kier molecular flexibility index (Phi) is 2.63. The van der Waals surface area contributed by atoms with Gasteiger partial charge < -0.3 is 10.5 Å². The molecular weight excluding hydrogens is 238 g/mol. The number of ether oxygens (including phenoxy) is 1. The fraction of sp³-hybridized carbons (Fsp3) is 0.250. The molecule has 1 aliphatic heterocycles. The molecule has 0 bridgehead atoms. The van der Waals surface area contributed by atoms with Gasteiger partial charge in [-0.25, -0.2) is 4.68 Å². The van der Waals surface area contributed by atoms with Crippen LogP contribution < -0.4 is 5.73 Å². The minimum absolute atomic E-state index is 0.453. The third kappa shape index (κ3) is 1.74. The summed E-state index contributed by atoms with van der Waals surface area (Å²) in [5, 5.41) is 5.24. The summed E-state index contributed by atoms with van der Waals surface area (Å²) in [6, 6.07) is 7.57. The van der Waals surface area contributed by atoms with E-state index in [1.54, 1.807) is 0 Å². The van der Waals surface area contributed by atoms with Crippen LogP contribution >= 0.6 is 11.6 Å². The molecule has 0 saturated heterocycles. The van der Waals surface area contributed by atoms with Crippen molar-refractivity contribution in [3.63, 3.8) is 0 Å². The number of halogens is 1. The van der Waals surface area contributed by atoms with Crippen molar-refractivity contribution >= 4 is 11.6 Å². The highest BCUT2D eigenvalue weighted by atomic mass is 35.5. The molecule has 17 heavy (non-hydrogen) atoms. The van der Waals surface area contributed by atoms with Crippen LogP contribution in [0.5, 0.6) is 0 Å². The standard InChI is InChI=1S/C12H12ClN3O/c13-8-1-3-9(4-2-8)16-12(5-14)10-6-17-7-11(10)15-16/h1-4H,5-7,14H2. The minimum atomic E-state index is 0.453. The van der Waals surface area contributed by atoms with Gasteiger partial charge in [-0.1, -0.05) is 11.6 Å². The van der Waals surface area contributed by atoms with E-state index in [-0.39, 0.29) is 0 Å². The summed E-state index contributed by atoms with van der Waals surface area (Å²) in [5.41, 5.74) is 9.90. The Morgan fingerprint density at radius 1 is 1.29 bits per heavy atom. The maximum atomic E-state index is 5.87. The van der Waals surface area contributed by atoms with Crippen LogP contribution in [0.15, 0.2) is 24.3 Å². The zero-order valence-electron chi connectivity index (χ0n) is 9.19. The van der Waals surface area contributed by atoms with E-state index in [9.17, 15) is 0 Å². The molecule has 1 aromatic heterocycles. The topological polar surface area (TPSA) is 53.1 Å². The average molecular weight is 250 g/mol. The van der Waals surface area contributed by atoms with Crippen molar-refractivity contribution < 1.29 is 4.74 Å². The first-order valence-corrected chi connectivity index (χ1v) is 5.81. The summed E-state index contributed by atoms with van der Waals surface area (Å²) in [6.45, 7) is 1.63. The number of hydrogen-bond donors (Lipinski definition) is 1. The van der Waals surface area contributed by atoms with E-state index in [0.29, 0.717) is 24.8 Å². The Hall–Kier alpha value is -1.36. The van der Waals surface area contributed by atoms with Crippen LogP contribution in [0.4, 0.5) is 0 Å². The molecule has 1 aliphatic rings. The second kappa shape index (κ2) is 4.14. The maximum absolute atomic E-state index is 5.87. The molecule has 88 valence electrons. The summed E-state index contributed by atoms with van der Waals surface area (Å²) in [5.74, 6) is 0. The highest BCUT2D eigenvalue weighted by Crippen LogP contribution is 2.25. The van der Waals surface area contributed by atoms with Crippen LogP contribution in [0.3, 0.4) is 0 Å². The molecule has 0 unspecified atom stereocenters. The van der Waals surface area contributed by atoms with Crippen LogP contribution in [0, 0.1) is 0 Å². The largest absolute Gasteiger partial charge is 0.370 e. The van der Waals surface area contributed by atoms with E-state index in [0.717, 1.165) is 22.6 Å². The number of nitrogens with zero attached hydrogens (tertiary/aromatic N) is 2. The predicted octanol–water partition coefficient (Wildman–Crippen LogP) is 2.01. The summed E-state index contributed by atoms with van der Waals surface area (Å²) in [6.07, 6.45) is 0. The Bertz CT molecular complexity index is 548. The minimum Gasteiger partial charge on any atom is -0.370 e. The Morgan fingerprint density at radius 2 is 2.06 bits per heavy atom. The van der Waals surface area contributed by atoms with E-state index < -0.39 is 0 Å². The molecule has 0 radical (unpaired) electrons. The molecule has 0 atom stereocenters. The molecule has 4 nitrogen and oxygen atoms in total. The normalized spacial score (nSPS) is 14.0. The second-order valence-corrected chi connectivity index (χ2v) is 4.39. The monoisotopic (exact) mass is 249 g/mol. The Labute approximate surface area is 104 Å². The number of rotatable bonds is 2. The van der Waals surface area contributed by atoms with Crippen molar-refractivity contribution in [1.82, 2.24) is 9.78 Å². The first kappa shape index (κ1) is 10.8. The van der Waals surface area contributed by atoms with Gasteiger partial charge in [-0.3, -0.25) is 0 Å². The van der Waals surface area contributed by atoms with Gasteiger partial charge in [0.25, 0.3) is 0 Å². The molecule has 0 fully saturated rings. The van der Waals surface area contributed by atoms with Crippen molar-refractivity contribution in [1.29, 1.82) is 0 Å². The lowest BCUT2D eigenvalue weighted by Gasteiger charge is -2.07. The van der Waals surface area contributed by atoms with Crippen LogP contribution in [0.1, 0.15) is 17.0 Å². The molecule has 0 aliphatic carbocycles. The fourth-order valence-electron chi connectivity index (χ4n) is 2.07. The highest BCUT2D eigenvalue weighted by molar-refractivity contribution is 6.30. The molecule has 2 heterocycles. The molecule has 1 aromatic carbocycles. The molecule has 2 N–H and O–H groups in total. The zero-order valence-corrected chi connectivity index (χ0v) is 9.94. The van der Waals surface area contributed by atoms with Crippen LogP contribution in [0.25, 0.3) is 5.69 Å². The quantitative estimate of drug-likeness (QED) is 0.886. The number of benzene rings is 1. The van der Waals surface area contributed by atoms with Gasteiger partial charge in [-0.15, -0.1) is 0 Å². The van der Waals surface area contributed by atoms with Gasteiger partial charge in [0.05, 0.1) is 30.3 Å². The maximum Gasteiger partial charge on any atom is 0.0945 e. The zero-order chi connectivity index (χ0) is 11.8. The Morgan fingerprint density at radius 3 is 2.76 bits per heavy atom. The predicted molar refractivity (Wildman–Crippen MR) is 65.0 cm³/mol. The summed E-state index contributed by atoms with van der Waals surface area (Å²) < 4.78 is 7.23. The molecule has 2 aromatic rings. The fourth-order valence-corrected chi connectivity index (χ4v) is 2.20. The first-order chi connectivity index (χ1) is 8.29. The molecule has 3 rings (SSSR count). The molecule has 0 spiro atoms. The van der Waals surface area contributed by atoms with Crippen molar-refractivity contribution in [2.45, 2.75) is 19.8 Å². The lowest BCUT2D eigenvalue weighted by molar-refractivity contribution is 0.130. The number of aromatic nitrogens is 2. The second-order valence-electron chi connectivity index (χ2n) is 3.96. The van der Waals surface area contributed by atoms with Gasteiger partial charge in [0.1, 0.15) is 0 Å². The summed E-state index contributed by atoms with van der Waals surface area (Å²) in [7, 11) is 0. The van der Waals surface area contributed by atoms with E-state index in [1.165, 1.54) is 0 Å². The molecule has 0 amide bonds. The third-order valence-electron chi connectivity index (χ3n) is 2.92. The first-order valence-electron chi connectivity index (χ1n) is 5.43. The van der Waals surface area contributed by atoms with Gasteiger partial charge in [-0.05, 0) is 24.3 Å². The van der Waals surface area contributed by atoms with E-state index in [1.807, 2.05) is 28.9 Å². The van der Waals surface area contributed by atoms with Gasteiger partial charge in [0.2, 0.25) is 0 Å². The van der Waals surface area contributed by atoms with Crippen molar-refractivity contribution in [2.24, 2.45) is 5.73 Å². The number of fused-ring (bicyclic) bond motifs is 1. The average Bonchev–Trinajstić information content (AvgIpc) is 2.89. The lowest BCUT2D eigenvalue weighted by Crippen LogP contribution is -2.09. The summed E-state index contributed by atoms with van der Waals surface area (Å²) >= 11 is 5.87. The van der Waals surface area contributed by atoms with Crippen LogP contribution in [-0.2, 0) is 24.5 Å². The van der Waals surface area contributed by atoms with Crippen molar-refractivity contribution in [2.75, 3.05) is 0 Å². The van der Waals surface area contributed by atoms with Gasteiger partial charge in [0, 0.05) is 17.1 Å². The number of nitrogens with two attached hydrogens (primary N) is 1. The summed E-state index contributed by atoms with van der Waals surface area (Å²) in [4.78, 5) is 0. The van der Waals surface area contributed by atoms with Crippen LogP contribution in [0.2, 0.25) is 5.02 Å². The van der Waals surface area contributed by atoms with Gasteiger partial charge >= 0.3 is 0 Å². The van der Waals surface area contributed by atoms with Crippen molar-refractivity contribution in [3.8, 4) is 5.69 Å². The smallest absolute Gasteiger partial charge is 0.0945 e.